The molecule has 4 aromatic rings. The Hall–Kier alpha value is -4.97. The fraction of sp³-hybridized carbons (Fsp3) is 0.0417. The minimum absolute atomic E-state index is 0.00982. The van der Waals surface area contributed by atoms with E-state index in [4.69, 9.17) is 20.8 Å². The second kappa shape index (κ2) is 9.89. The number of carbonyl (C=O) groups is 1. The highest BCUT2D eigenvalue weighted by Gasteiger charge is 2.13. The van der Waals surface area contributed by atoms with Crippen molar-refractivity contribution in [1.82, 2.24) is 15.0 Å². The second-order valence-electron chi connectivity index (χ2n) is 6.54. The van der Waals surface area contributed by atoms with Crippen molar-refractivity contribution in [2.45, 2.75) is 0 Å². The summed E-state index contributed by atoms with van der Waals surface area (Å²) in [4.78, 5) is 28.0. The minimum atomic E-state index is -0.464. The van der Waals surface area contributed by atoms with Gasteiger partial charge in [-0.25, -0.2) is 9.64 Å². The zero-order valence-electron chi connectivity index (χ0n) is 17.4. The van der Waals surface area contributed by atoms with Gasteiger partial charge in [-0.3, -0.25) is 0 Å². The number of nitrogens with one attached hydrogen (secondary N) is 1. The summed E-state index contributed by atoms with van der Waals surface area (Å²) in [5, 5.41) is 3.02. The highest BCUT2D eigenvalue weighted by atomic mass is 16.5. The predicted octanol–water partition coefficient (Wildman–Crippen LogP) is 5.54. The van der Waals surface area contributed by atoms with Gasteiger partial charge in [0.1, 0.15) is 11.5 Å². The molecule has 1 N–H and O–H groups in total. The van der Waals surface area contributed by atoms with Crippen molar-refractivity contribution in [3.8, 4) is 23.5 Å². The quantitative estimate of drug-likeness (QED) is 0.296. The molecule has 9 nitrogen and oxygen atoms in total. The SMILES string of the molecule is [C-]#[N+]c1ccc(Oc2nc(Nc3cccc(C(=O)OC)c3)nc(Oc3ccccc3)n2)cc1. The van der Waals surface area contributed by atoms with Gasteiger partial charge in [0, 0.05) is 5.69 Å². The largest absolute Gasteiger partial charge is 0.465 e. The van der Waals surface area contributed by atoms with Crippen molar-refractivity contribution in [2.75, 3.05) is 12.4 Å². The summed E-state index contributed by atoms with van der Waals surface area (Å²) in [6.07, 6.45) is 0. The molecule has 9 heteroatoms. The van der Waals surface area contributed by atoms with Crippen LogP contribution < -0.4 is 14.8 Å². The van der Waals surface area contributed by atoms with Crippen LogP contribution in [0, 0.1) is 6.57 Å². The van der Waals surface area contributed by atoms with Crippen LogP contribution in [0.2, 0.25) is 0 Å². The number of hydrogen-bond donors (Lipinski definition) is 1. The summed E-state index contributed by atoms with van der Waals surface area (Å²) in [6.45, 7) is 7.06. The molecule has 1 heterocycles. The van der Waals surface area contributed by atoms with Crippen molar-refractivity contribution in [2.24, 2.45) is 0 Å². The highest BCUT2D eigenvalue weighted by Crippen LogP contribution is 2.26. The number of para-hydroxylation sites is 1. The maximum atomic E-state index is 11.8. The van der Waals surface area contributed by atoms with E-state index in [1.807, 2.05) is 18.2 Å². The van der Waals surface area contributed by atoms with Crippen molar-refractivity contribution in [3.63, 3.8) is 0 Å². The van der Waals surface area contributed by atoms with Crippen LogP contribution in [0.3, 0.4) is 0 Å². The normalized spacial score (nSPS) is 10.1. The number of benzene rings is 3. The van der Waals surface area contributed by atoms with Crippen LogP contribution in [-0.4, -0.2) is 28.0 Å². The molecule has 0 bridgehead atoms. The number of hydrogen-bond acceptors (Lipinski definition) is 8. The van der Waals surface area contributed by atoms with E-state index < -0.39 is 5.97 Å². The Morgan fingerprint density at radius 1 is 0.848 bits per heavy atom. The average molecular weight is 439 g/mol. The fourth-order valence-electron chi connectivity index (χ4n) is 2.74. The van der Waals surface area contributed by atoms with E-state index >= 15 is 0 Å². The Morgan fingerprint density at radius 2 is 1.52 bits per heavy atom. The van der Waals surface area contributed by atoms with Crippen molar-refractivity contribution in [3.05, 3.63) is 95.8 Å². The van der Waals surface area contributed by atoms with Gasteiger partial charge >= 0.3 is 18.0 Å². The molecular weight excluding hydrogens is 422 g/mol. The number of nitrogens with zero attached hydrogens (tertiary/aromatic N) is 4. The number of ether oxygens (including phenoxy) is 3. The van der Waals surface area contributed by atoms with E-state index in [1.165, 1.54) is 7.11 Å². The molecule has 0 atom stereocenters. The molecule has 0 saturated carbocycles. The zero-order valence-corrected chi connectivity index (χ0v) is 17.4. The second-order valence-corrected chi connectivity index (χ2v) is 6.54. The van der Waals surface area contributed by atoms with Crippen LogP contribution in [0.5, 0.6) is 23.5 Å². The molecule has 4 rings (SSSR count). The molecule has 1 aromatic heterocycles. The van der Waals surface area contributed by atoms with E-state index in [2.05, 4.69) is 25.1 Å². The van der Waals surface area contributed by atoms with Crippen LogP contribution in [0.25, 0.3) is 4.85 Å². The third-order valence-corrected chi connectivity index (χ3v) is 4.26. The maximum Gasteiger partial charge on any atom is 0.337 e. The average Bonchev–Trinajstić information content (AvgIpc) is 2.84. The van der Waals surface area contributed by atoms with E-state index in [0.717, 1.165) is 0 Å². The summed E-state index contributed by atoms with van der Waals surface area (Å²) < 4.78 is 16.3. The molecule has 0 amide bonds. The van der Waals surface area contributed by atoms with Gasteiger partial charge < -0.3 is 19.5 Å². The number of rotatable bonds is 7. The van der Waals surface area contributed by atoms with E-state index in [-0.39, 0.29) is 18.0 Å². The molecule has 0 spiro atoms. The van der Waals surface area contributed by atoms with Gasteiger partial charge in [0.25, 0.3) is 0 Å². The van der Waals surface area contributed by atoms with E-state index in [1.54, 1.807) is 60.7 Å². The standard InChI is InChI=1S/C24H17N5O4/c1-25-17-11-13-20(14-12-17)33-24-28-22(26-18-8-6-7-16(15-18)21(30)31-2)27-23(29-24)32-19-9-4-3-5-10-19/h3-15H,2H3,(H,26,27,28,29). The van der Waals surface area contributed by atoms with Crippen molar-refractivity contribution in [1.29, 1.82) is 0 Å². The lowest BCUT2D eigenvalue weighted by Crippen LogP contribution is -2.05. The lowest BCUT2D eigenvalue weighted by atomic mass is 10.2. The smallest absolute Gasteiger partial charge is 0.337 e. The van der Waals surface area contributed by atoms with Gasteiger partial charge in [-0.15, -0.1) is 4.98 Å². The molecule has 0 aliphatic rings. The van der Waals surface area contributed by atoms with Crippen LogP contribution >= 0.6 is 0 Å². The van der Waals surface area contributed by atoms with Crippen molar-refractivity contribution >= 4 is 23.3 Å². The van der Waals surface area contributed by atoms with Gasteiger partial charge in [0.15, 0.2) is 5.69 Å². The Bertz CT molecular complexity index is 1300. The third kappa shape index (κ3) is 5.59. The summed E-state index contributed by atoms with van der Waals surface area (Å²) in [7, 11) is 1.32. The molecule has 0 unspecified atom stereocenters. The summed E-state index contributed by atoms with van der Waals surface area (Å²) in [6, 6.07) is 22.3. The predicted molar refractivity (Wildman–Crippen MR) is 120 cm³/mol. The summed E-state index contributed by atoms with van der Waals surface area (Å²) in [5.74, 6) is 0.660. The van der Waals surface area contributed by atoms with Gasteiger partial charge in [-0.1, -0.05) is 36.4 Å². The molecular formula is C24H17N5O4. The molecule has 33 heavy (non-hydrogen) atoms. The van der Waals surface area contributed by atoms with E-state index in [0.29, 0.717) is 28.4 Å². The monoisotopic (exact) mass is 439 g/mol. The van der Waals surface area contributed by atoms with E-state index in [9.17, 15) is 4.79 Å². The van der Waals surface area contributed by atoms with Crippen LogP contribution in [0.4, 0.5) is 17.3 Å². The van der Waals surface area contributed by atoms with Crippen molar-refractivity contribution < 1.29 is 19.0 Å². The summed E-state index contributed by atoms with van der Waals surface area (Å²) >= 11 is 0. The zero-order chi connectivity index (χ0) is 23.0. The molecule has 162 valence electrons. The molecule has 0 aliphatic heterocycles. The maximum absolute atomic E-state index is 11.8. The first-order valence-corrected chi connectivity index (χ1v) is 9.73. The number of carbonyl (C=O) groups excluding carboxylic acids is 1. The molecule has 3 aromatic carbocycles. The number of anilines is 2. The van der Waals surface area contributed by atoms with Gasteiger partial charge in [-0.2, -0.15) is 9.97 Å². The first kappa shape index (κ1) is 21.3. The fourth-order valence-corrected chi connectivity index (χ4v) is 2.74. The molecule has 0 radical (unpaired) electrons. The highest BCUT2D eigenvalue weighted by molar-refractivity contribution is 5.90. The Morgan fingerprint density at radius 3 is 2.15 bits per heavy atom. The lowest BCUT2D eigenvalue weighted by molar-refractivity contribution is 0.0600. The summed E-state index contributed by atoms with van der Waals surface area (Å²) in [5.41, 5.74) is 1.41. The number of aromatic nitrogens is 3. The molecule has 0 fully saturated rings. The van der Waals surface area contributed by atoms with Crippen LogP contribution in [0.1, 0.15) is 10.4 Å². The van der Waals surface area contributed by atoms with Gasteiger partial charge in [0.05, 0.1) is 19.2 Å². The van der Waals surface area contributed by atoms with Crippen LogP contribution in [0.15, 0.2) is 78.9 Å². The third-order valence-electron chi connectivity index (χ3n) is 4.26. The van der Waals surface area contributed by atoms with Gasteiger partial charge in [-0.05, 0) is 42.5 Å². The first-order chi connectivity index (χ1) is 16.1. The topological polar surface area (TPSA) is 99.8 Å². The lowest BCUT2D eigenvalue weighted by Gasteiger charge is -2.11. The Labute approximate surface area is 189 Å². The molecule has 0 saturated heterocycles. The Balaban J connectivity index is 1.64. The number of esters is 1. The Kier molecular flexibility index (Phi) is 6.38. The number of methoxy groups -OCH3 is 1. The minimum Gasteiger partial charge on any atom is -0.465 e. The first-order valence-electron chi connectivity index (χ1n) is 9.73. The van der Waals surface area contributed by atoms with Gasteiger partial charge in [0.2, 0.25) is 5.95 Å². The molecule has 0 aliphatic carbocycles. The van der Waals surface area contributed by atoms with Crippen LogP contribution in [-0.2, 0) is 4.74 Å².